The molecule has 0 amide bonds. The Morgan fingerprint density at radius 2 is 1.15 bits per heavy atom. The van der Waals surface area contributed by atoms with Gasteiger partial charge in [-0.05, 0) is 15.8 Å². The standard InChI is InChI=1S/C7H5O.2C3H9P.CHO.ClH.Rh.H/c8-6-7-4-2-1-3-5-7;2*1-4(2)3;1-2;;;/h1-5H;2*1-3H3;1H;1H;;/q-1;;;-1;;+1;/p+1. The van der Waals surface area contributed by atoms with Crippen LogP contribution in [0.5, 0.6) is 0 Å². The minimum absolute atomic E-state index is 0.120. The van der Waals surface area contributed by atoms with Crippen molar-refractivity contribution in [1.29, 1.82) is 0 Å². The molecule has 1 aromatic rings. The molecule has 0 unspecified atom stereocenters. The molecule has 0 atom stereocenters. The van der Waals surface area contributed by atoms with E-state index in [2.05, 4.69) is 56.5 Å². The third kappa shape index (κ3) is 51.6. The van der Waals surface area contributed by atoms with Crippen molar-refractivity contribution in [3.63, 3.8) is 0 Å². The first-order chi connectivity index (χ1) is 9.40. The van der Waals surface area contributed by atoms with Crippen molar-refractivity contribution >= 4 is 38.6 Å². The van der Waals surface area contributed by atoms with Crippen molar-refractivity contribution in [2.24, 2.45) is 0 Å². The van der Waals surface area contributed by atoms with Gasteiger partial charge in [-0.25, -0.2) is 0 Å². The SMILES string of the molecule is C[PH+](C)C.C[PH+](C)C.O=[C-]c1ccccc1.[CH-]=O.[Cl][RhH]. The molecule has 0 saturated carbocycles. The number of carbonyl (C=O) groups excluding carboxylic acids is 2. The maximum atomic E-state index is 9.88. The van der Waals surface area contributed by atoms with Gasteiger partial charge in [0.25, 0.3) is 0 Å². The van der Waals surface area contributed by atoms with Crippen molar-refractivity contribution in [3.05, 3.63) is 35.9 Å². The summed E-state index contributed by atoms with van der Waals surface area (Å²) in [5.41, 5.74) is 0.604. The van der Waals surface area contributed by atoms with Crippen LogP contribution in [0.15, 0.2) is 30.3 Å². The van der Waals surface area contributed by atoms with Crippen LogP contribution >= 0.6 is 25.5 Å². The monoisotopic (exact) mass is 427 g/mol. The summed E-state index contributed by atoms with van der Waals surface area (Å²) in [6, 6.07) is 8.90. The summed E-state index contributed by atoms with van der Waals surface area (Å²) in [4.78, 5) is 17.6. The van der Waals surface area contributed by atoms with E-state index in [4.69, 9.17) is 4.79 Å². The van der Waals surface area contributed by atoms with Crippen LogP contribution in [0.3, 0.4) is 0 Å². The van der Waals surface area contributed by atoms with E-state index < -0.39 is 0 Å². The second-order valence-corrected chi connectivity index (χ2v) is 10.5. The molecule has 0 N–H and O–H groups in total. The molecule has 0 spiro atoms. The Balaban J connectivity index is -0.0000000922. The summed E-state index contributed by atoms with van der Waals surface area (Å²) in [7, 11) is 4.81. The first-order valence-corrected chi connectivity index (χ1v) is 14.0. The second kappa shape index (κ2) is 27.6. The average Bonchev–Trinajstić information content (AvgIpc) is 2.43. The van der Waals surface area contributed by atoms with Gasteiger partial charge in [-0.1, -0.05) is 6.07 Å². The van der Waals surface area contributed by atoms with Gasteiger partial charge < -0.3 is 9.59 Å². The van der Waals surface area contributed by atoms with Crippen LogP contribution in [0.4, 0.5) is 0 Å². The number of halogens is 1. The number of benzene rings is 1. The predicted molar refractivity (Wildman–Crippen MR) is 97.4 cm³/mol. The molecule has 0 aliphatic heterocycles. The van der Waals surface area contributed by atoms with E-state index in [1.54, 1.807) is 30.6 Å². The zero-order valence-electron chi connectivity index (χ0n) is 13.0. The van der Waals surface area contributed by atoms with Crippen LogP contribution in [0, 0.1) is 0 Å². The Hall–Kier alpha value is 0.333. The topological polar surface area (TPSA) is 34.1 Å². The van der Waals surface area contributed by atoms with E-state index in [0.717, 1.165) is 0 Å². The molecule has 0 aliphatic rings. The molecule has 121 valence electrons. The zero-order chi connectivity index (χ0) is 17.0. The molecule has 2 nitrogen and oxygen atoms in total. The Morgan fingerprint density at radius 1 is 0.900 bits per heavy atom. The van der Waals surface area contributed by atoms with E-state index in [1.165, 1.54) is 0 Å². The van der Waals surface area contributed by atoms with Crippen LogP contribution in [-0.4, -0.2) is 53.1 Å². The predicted octanol–water partition coefficient (Wildman–Crippen LogP) is 3.47. The quantitative estimate of drug-likeness (QED) is 0.298. The summed E-state index contributed by atoms with van der Waals surface area (Å²) >= 11 is 1.82. The Morgan fingerprint density at radius 3 is 1.30 bits per heavy atom. The van der Waals surface area contributed by atoms with Gasteiger partial charge in [-0.2, -0.15) is 17.7 Å². The normalized spacial score (nSPS) is 7.55. The fourth-order valence-electron chi connectivity index (χ4n) is 0.506. The van der Waals surface area contributed by atoms with Crippen LogP contribution < -0.4 is 0 Å². The number of rotatable bonds is 1. The number of hydrogen-bond acceptors (Lipinski definition) is 2. The molecule has 1 aromatic carbocycles. The van der Waals surface area contributed by atoms with Gasteiger partial charge in [-0.15, -0.1) is 12.1 Å². The maximum absolute atomic E-state index is 9.88. The second-order valence-electron chi connectivity index (χ2n) is 4.47. The average molecular weight is 428 g/mol. The van der Waals surface area contributed by atoms with E-state index in [1.807, 2.05) is 23.4 Å². The molecule has 20 heavy (non-hydrogen) atoms. The van der Waals surface area contributed by atoms with Gasteiger partial charge in [0.15, 0.2) is 0 Å². The molecule has 0 heterocycles. The third-order valence-corrected chi connectivity index (χ3v) is 0.892. The molecule has 0 saturated heterocycles. The summed E-state index contributed by atoms with van der Waals surface area (Å²) in [6.45, 7) is 16.9. The Labute approximate surface area is 141 Å². The van der Waals surface area contributed by atoms with Gasteiger partial charge in [0.1, 0.15) is 0 Å². The molecular formula is C14H27ClO2P2Rh. The summed E-state index contributed by atoms with van der Waals surface area (Å²) in [5, 5.41) is 0. The molecule has 0 bridgehead atoms. The fraction of sp³-hybridized carbons (Fsp3) is 0.429. The van der Waals surface area contributed by atoms with E-state index in [-0.39, 0.29) is 15.8 Å². The van der Waals surface area contributed by atoms with Crippen LogP contribution in [-0.2, 0) is 26.9 Å². The first kappa shape index (κ1) is 28.5. The van der Waals surface area contributed by atoms with Crippen LogP contribution in [0.2, 0.25) is 0 Å². The Kier molecular flexibility index (Phi) is 39.4. The van der Waals surface area contributed by atoms with Crippen molar-refractivity contribution < 1.29 is 26.9 Å². The molecular weight excluding hydrogens is 400 g/mol. The minimum atomic E-state index is 0.120. The van der Waals surface area contributed by atoms with Gasteiger partial charge >= 0.3 is 27.0 Å². The third-order valence-electron chi connectivity index (χ3n) is 0.892. The molecule has 0 radical (unpaired) electrons. The summed E-state index contributed by atoms with van der Waals surface area (Å²) in [5.74, 6) is 0. The molecule has 0 aliphatic carbocycles. The van der Waals surface area contributed by atoms with Gasteiger partial charge in [0.2, 0.25) is 0 Å². The van der Waals surface area contributed by atoms with Crippen molar-refractivity contribution in [1.82, 2.24) is 0 Å². The van der Waals surface area contributed by atoms with Crippen LogP contribution in [0.1, 0.15) is 5.56 Å². The molecule has 6 heteroatoms. The summed E-state index contributed by atoms with van der Waals surface area (Å²) < 4.78 is 0. The summed E-state index contributed by atoms with van der Waals surface area (Å²) in [6.07, 6.45) is 1.78. The molecule has 0 aromatic heterocycles. The number of hydrogen-bond donors (Lipinski definition) is 0. The first-order valence-electron chi connectivity index (χ1n) is 5.73. The zero-order valence-corrected chi connectivity index (χ0v) is 17.5. The van der Waals surface area contributed by atoms with Crippen molar-refractivity contribution in [2.75, 3.05) is 40.0 Å². The van der Waals surface area contributed by atoms with Crippen molar-refractivity contribution in [3.8, 4) is 0 Å². The van der Waals surface area contributed by atoms with E-state index >= 15 is 0 Å². The molecule has 1 rings (SSSR count). The van der Waals surface area contributed by atoms with E-state index in [0.29, 0.717) is 5.56 Å². The van der Waals surface area contributed by atoms with E-state index in [9.17, 15) is 4.79 Å². The Bertz CT molecular complexity index is 262. The van der Waals surface area contributed by atoms with Crippen molar-refractivity contribution in [2.45, 2.75) is 0 Å². The fourth-order valence-corrected chi connectivity index (χ4v) is 0.506. The van der Waals surface area contributed by atoms with Gasteiger partial charge in [-0.3, -0.25) is 6.79 Å². The van der Waals surface area contributed by atoms with Gasteiger partial charge in [0, 0.05) is 40.0 Å². The molecule has 0 fully saturated rings. The van der Waals surface area contributed by atoms with Crippen LogP contribution in [0.25, 0.3) is 0 Å². The van der Waals surface area contributed by atoms with Gasteiger partial charge in [0.05, 0.1) is 6.29 Å².